The average molecular weight is 275 g/mol. The van der Waals surface area contributed by atoms with E-state index in [-0.39, 0.29) is 5.91 Å². The Morgan fingerprint density at radius 2 is 1.80 bits per heavy atom. The molecule has 0 saturated carbocycles. The van der Waals surface area contributed by atoms with Crippen LogP contribution < -0.4 is 5.32 Å². The average Bonchev–Trinajstić information content (AvgIpc) is 2.47. The molecule has 1 fully saturated rings. The molecule has 0 aliphatic carbocycles. The minimum absolute atomic E-state index is 0.123. The Labute approximate surface area is 121 Å². The fourth-order valence-corrected chi connectivity index (χ4v) is 2.52. The van der Waals surface area contributed by atoms with Crippen LogP contribution in [0.3, 0.4) is 0 Å². The van der Waals surface area contributed by atoms with Crippen molar-refractivity contribution >= 4 is 5.91 Å². The molecule has 0 aromatic heterocycles. The number of benzene rings is 1. The van der Waals surface area contributed by atoms with Crippen molar-refractivity contribution in [2.24, 2.45) is 0 Å². The summed E-state index contributed by atoms with van der Waals surface area (Å²) in [5, 5.41) is 3.02. The monoisotopic (exact) mass is 275 g/mol. The van der Waals surface area contributed by atoms with Gasteiger partial charge in [0.1, 0.15) is 0 Å². The third-order valence-electron chi connectivity index (χ3n) is 4.02. The number of carbonyl (C=O) groups excluding carboxylic acids is 1. The zero-order chi connectivity index (χ0) is 14.4. The van der Waals surface area contributed by atoms with Gasteiger partial charge in [0.05, 0.1) is 6.54 Å². The Balaban J connectivity index is 1.72. The lowest BCUT2D eigenvalue weighted by atomic mass is 10.1. The van der Waals surface area contributed by atoms with E-state index in [1.54, 1.807) is 0 Å². The van der Waals surface area contributed by atoms with Gasteiger partial charge in [0, 0.05) is 32.7 Å². The summed E-state index contributed by atoms with van der Waals surface area (Å²) in [5.41, 5.74) is 2.42. The molecule has 0 bridgehead atoms. The van der Waals surface area contributed by atoms with Gasteiger partial charge in [-0.3, -0.25) is 9.69 Å². The minimum atomic E-state index is 0.123. The molecule has 1 aromatic rings. The quantitative estimate of drug-likeness (QED) is 0.878. The second-order valence-corrected chi connectivity index (χ2v) is 5.41. The van der Waals surface area contributed by atoms with Crippen molar-refractivity contribution in [2.75, 3.05) is 39.3 Å². The van der Waals surface area contributed by atoms with Gasteiger partial charge in [0.15, 0.2) is 0 Å². The number of amides is 1. The summed E-state index contributed by atoms with van der Waals surface area (Å²) in [4.78, 5) is 16.6. The molecular formula is C16H25N3O. The summed E-state index contributed by atoms with van der Waals surface area (Å²) in [6.07, 6.45) is 0. The van der Waals surface area contributed by atoms with E-state index in [1.807, 2.05) is 12.1 Å². The van der Waals surface area contributed by atoms with Crippen LogP contribution >= 0.6 is 0 Å². The van der Waals surface area contributed by atoms with Gasteiger partial charge < -0.3 is 10.2 Å². The largest absolute Gasteiger partial charge is 0.351 e. The number of piperazine rings is 1. The van der Waals surface area contributed by atoms with Gasteiger partial charge >= 0.3 is 0 Å². The van der Waals surface area contributed by atoms with Gasteiger partial charge in [-0.05, 0) is 24.6 Å². The van der Waals surface area contributed by atoms with Crippen LogP contribution in [0.5, 0.6) is 0 Å². The minimum Gasteiger partial charge on any atom is -0.351 e. The van der Waals surface area contributed by atoms with Crippen LogP contribution in [-0.4, -0.2) is 55.0 Å². The summed E-state index contributed by atoms with van der Waals surface area (Å²) >= 11 is 0. The lowest BCUT2D eigenvalue weighted by molar-refractivity contribution is -0.122. The van der Waals surface area contributed by atoms with Crippen molar-refractivity contribution in [3.63, 3.8) is 0 Å². The molecule has 4 heteroatoms. The molecule has 0 unspecified atom stereocenters. The summed E-state index contributed by atoms with van der Waals surface area (Å²) in [7, 11) is 0. The molecule has 1 aromatic carbocycles. The van der Waals surface area contributed by atoms with Crippen molar-refractivity contribution in [1.82, 2.24) is 15.1 Å². The van der Waals surface area contributed by atoms with Crippen LogP contribution in [0.4, 0.5) is 0 Å². The Bertz CT molecular complexity index is 439. The first-order chi connectivity index (χ1) is 9.69. The molecule has 1 saturated heterocycles. The molecule has 0 spiro atoms. The summed E-state index contributed by atoms with van der Waals surface area (Å²) in [5.74, 6) is 0.123. The Morgan fingerprint density at radius 1 is 1.15 bits per heavy atom. The number of aryl methyl sites for hydroxylation is 1. The molecule has 1 aliphatic rings. The maximum absolute atomic E-state index is 12.0. The fraction of sp³-hybridized carbons (Fsp3) is 0.562. The summed E-state index contributed by atoms with van der Waals surface area (Å²) in [6, 6.07) is 8.17. The first-order valence-corrected chi connectivity index (χ1v) is 7.45. The number of likely N-dealkylation sites (N-methyl/N-ethyl adjacent to an activating group) is 1. The van der Waals surface area contributed by atoms with E-state index in [4.69, 9.17) is 0 Å². The van der Waals surface area contributed by atoms with Crippen molar-refractivity contribution in [2.45, 2.75) is 20.4 Å². The normalized spacial score (nSPS) is 17.1. The zero-order valence-electron chi connectivity index (χ0n) is 12.6. The standard InChI is InChI=1S/C16H25N3O/c1-3-18-8-10-19(11-9-18)13-16(20)17-12-15-7-5-4-6-14(15)2/h4-7H,3,8-13H2,1-2H3,(H,17,20). The van der Waals surface area contributed by atoms with Gasteiger partial charge in [-0.25, -0.2) is 0 Å². The summed E-state index contributed by atoms with van der Waals surface area (Å²) < 4.78 is 0. The maximum Gasteiger partial charge on any atom is 0.234 e. The first-order valence-electron chi connectivity index (χ1n) is 7.45. The molecule has 1 heterocycles. The molecule has 1 N–H and O–H groups in total. The molecule has 1 amide bonds. The van der Waals surface area contributed by atoms with Crippen molar-refractivity contribution < 1.29 is 4.79 Å². The zero-order valence-corrected chi connectivity index (χ0v) is 12.6. The molecular weight excluding hydrogens is 250 g/mol. The van der Waals surface area contributed by atoms with E-state index in [9.17, 15) is 4.79 Å². The lowest BCUT2D eigenvalue weighted by Gasteiger charge is -2.33. The molecule has 110 valence electrons. The predicted octanol–water partition coefficient (Wildman–Crippen LogP) is 1.25. The Hall–Kier alpha value is -1.39. The van der Waals surface area contributed by atoms with Crippen molar-refractivity contribution in [3.05, 3.63) is 35.4 Å². The van der Waals surface area contributed by atoms with E-state index in [0.717, 1.165) is 32.7 Å². The van der Waals surface area contributed by atoms with Crippen LogP contribution in [0.25, 0.3) is 0 Å². The second kappa shape index (κ2) is 7.41. The highest BCUT2D eigenvalue weighted by molar-refractivity contribution is 5.78. The highest BCUT2D eigenvalue weighted by atomic mass is 16.2. The van der Waals surface area contributed by atoms with E-state index in [1.165, 1.54) is 11.1 Å². The summed E-state index contributed by atoms with van der Waals surface area (Å²) in [6.45, 7) is 10.6. The SMILES string of the molecule is CCN1CCN(CC(=O)NCc2ccccc2C)CC1. The van der Waals surface area contributed by atoms with Crippen LogP contribution in [0.1, 0.15) is 18.1 Å². The molecule has 4 nitrogen and oxygen atoms in total. The van der Waals surface area contributed by atoms with Gasteiger partial charge in [0.2, 0.25) is 5.91 Å². The molecule has 0 radical (unpaired) electrons. The van der Waals surface area contributed by atoms with E-state index >= 15 is 0 Å². The lowest BCUT2D eigenvalue weighted by Crippen LogP contribution is -2.49. The second-order valence-electron chi connectivity index (χ2n) is 5.41. The van der Waals surface area contributed by atoms with Crippen LogP contribution in [-0.2, 0) is 11.3 Å². The Kier molecular flexibility index (Phi) is 5.56. The first kappa shape index (κ1) is 15.0. The number of nitrogens with one attached hydrogen (secondary N) is 1. The highest BCUT2D eigenvalue weighted by Gasteiger charge is 2.17. The highest BCUT2D eigenvalue weighted by Crippen LogP contribution is 2.06. The van der Waals surface area contributed by atoms with Crippen LogP contribution in [0.2, 0.25) is 0 Å². The fourth-order valence-electron chi connectivity index (χ4n) is 2.52. The third kappa shape index (κ3) is 4.32. The number of hydrogen-bond acceptors (Lipinski definition) is 3. The number of carbonyl (C=O) groups is 1. The molecule has 1 aliphatic heterocycles. The van der Waals surface area contributed by atoms with Gasteiger partial charge in [-0.1, -0.05) is 31.2 Å². The van der Waals surface area contributed by atoms with Gasteiger partial charge in [-0.15, -0.1) is 0 Å². The maximum atomic E-state index is 12.0. The molecule has 20 heavy (non-hydrogen) atoms. The van der Waals surface area contributed by atoms with Crippen molar-refractivity contribution in [3.8, 4) is 0 Å². The van der Waals surface area contributed by atoms with Crippen LogP contribution in [0.15, 0.2) is 24.3 Å². The van der Waals surface area contributed by atoms with E-state index in [2.05, 4.69) is 41.1 Å². The van der Waals surface area contributed by atoms with E-state index in [0.29, 0.717) is 13.1 Å². The smallest absolute Gasteiger partial charge is 0.234 e. The topological polar surface area (TPSA) is 35.6 Å². The molecule has 2 rings (SSSR count). The van der Waals surface area contributed by atoms with E-state index < -0.39 is 0 Å². The number of hydrogen-bond donors (Lipinski definition) is 1. The third-order valence-corrected chi connectivity index (χ3v) is 4.02. The predicted molar refractivity (Wildman–Crippen MR) is 81.6 cm³/mol. The number of nitrogens with zero attached hydrogens (tertiary/aromatic N) is 2. The number of rotatable bonds is 5. The van der Waals surface area contributed by atoms with Crippen molar-refractivity contribution in [1.29, 1.82) is 0 Å². The van der Waals surface area contributed by atoms with Gasteiger partial charge in [0.25, 0.3) is 0 Å². The Morgan fingerprint density at radius 3 is 2.45 bits per heavy atom. The molecule has 0 atom stereocenters. The van der Waals surface area contributed by atoms with Gasteiger partial charge in [-0.2, -0.15) is 0 Å². The van der Waals surface area contributed by atoms with Crippen LogP contribution in [0, 0.1) is 6.92 Å².